The van der Waals surface area contributed by atoms with E-state index < -0.39 is 0 Å². The summed E-state index contributed by atoms with van der Waals surface area (Å²) in [7, 11) is 2.27. The molecular formula is C16H31NO. The van der Waals surface area contributed by atoms with Gasteiger partial charge in [0.05, 0.1) is 6.10 Å². The summed E-state index contributed by atoms with van der Waals surface area (Å²) < 4.78 is 0. The number of hydrogen-bond acceptors (Lipinski definition) is 2. The van der Waals surface area contributed by atoms with Crippen LogP contribution in [0.4, 0.5) is 0 Å². The summed E-state index contributed by atoms with van der Waals surface area (Å²) in [5.74, 6) is 2.52. The number of hydrogen-bond donors (Lipinski definition) is 1. The Balaban J connectivity index is 1.84. The normalized spacial score (nSPS) is 34.0. The van der Waals surface area contributed by atoms with Crippen LogP contribution in [0.25, 0.3) is 0 Å². The average Bonchev–Trinajstić information content (AvgIpc) is 2.26. The van der Waals surface area contributed by atoms with Crippen LogP contribution >= 0.6 is 0 Å². The fourth-order valence-corrected chi connectivity index (χ4v) is 3.77. The molecule has 0 aromatic heterocycles. The maximum Gasteiger partial charge on any atom is 0.0555 e. The van der Waals surface area contributed by atoms with E-state index in [9.17, 15) is 5.11 Å². The van der Waals surface area contributed by atoms with Crippen molar-refractivity contribution in [2.45, 2.75) is 70.9 Å². The first kappa shape index (κ1) is 14.3. The highest BCUT2D eigenvalue weighted by molar-refractivity contribution is 4.87. The van der Waals surface area contributed by atoms with Crippen LogP contribution in [0.15, 0.2) is 0 Å². The first-order chi connectivity index (χ1) is 8.58. The topological polar surface area (TPSA) is 23.5 Å². The Morgan fingerprint density at radius 3 is 2.44 bits per heavy atom. The zero-order valence-corrected chi connectivity index (χ0v) is 12.4. The van der Waals surface area contributed by atoms with E-state index in [0.717, 1.165) is 30.6 Å². The van der Waals surface area contributed by atoms with Crippen LogP contribution in [-0.2, 0) is 0 Å². The largest absolute Gasteiger partial charge is 0.393 e. The molecule has 0 radical (unpaired) electrons. The molecule has 2 heteroatoms. The molecule has 106 valence electrons. The van der Waals surface area contributed by atoms with Gasteiger partial charge in [-0.3, -0.25) is 0 Å². The van der Waals surface area contributed by atoms with E-state index in [1.54, 1.807) is 0 Å². The summed E-state index contributed by atoms with van der Waals surface area (Å²) in [6, 6.07) is 0.605. The summed E-state index contributed by atoms with van der Waals surface area (Å²) >= 11 is 0. The standard InChI is InChI=1S/C16H31NO/c1-12(2)15-8-7-14(18)11-16(15)17(3)10-9-13-5-4-6-13/h12-16,18H,4-11H2,1-3H3. The Bertz CT molecular complexity index is 249. The summed E-state index contributed by atoms with van der Waals surface area (Å²) in [5.41, 5.74) is 0. The van der Waals surface area contributed by atoms with Gasteiger partial charge in [-0.25, -0.2) is 0 Å². The lowest BCUT2D eigenvalue weighted by Crippen LogP contribution is -2.46. The van der Waals surface area contributed by atoms with Gasteiger partial charge in [0.2, 0.25) is 0 Å². The molecule has 2 rings (SSSR count). The Labute approximate surface area is 113 Å². The number of aliphatic hydroxyl groups is 1. The van der Waals surface area contributed by atoms with Crippen molar-refractivity contribution >= 4 is 0 Å². The monoisotopic (exact) mass is 253 g/mol. The van der Waals surface area contributed by atoms with Crippen molar-refractivity contribution in [2.75, 3.05) is 13.6 Å². The third-order valence-corrected chi connectivity index (χ3v) is 5.38. The van der Waals surface area contributed by atoms with Crippen LogP contribution in [0.3, 0.4) is 0 Å². The first-order valence-electron chi connectivity index (χ1n) is 7.96. The van der Waals surface area contributed by atoms with Gasteiger partial charge >= 0.3 is 0 Å². The van der Waals surface area contributed by atoms with Gasteiger partial charge in [0.1, 0.15) is 0 Å². The van der Waals surface area contributed by atoms with Crippen LogP contribution in [0.2, 0.25) is 0 Å². The van der Waals surface area contributed by atoms with Gasteiger partial charge in [0.25, 0.3) is 0 Å². The lowest BCUT2D eigenvalue weighted by Gasteiger charge is -2.42. The highest BCUT2D eigenvalue weighted by Crippen LogP contribution is 2.34. The zero-order chi connectivity index (χ0) is 13.1. The molecule has 0 saturated heterocycles. The molecule has 0 heterocycles. The number of aliphatic hydroxyl groups excluding tert-OH is 1. The second-order valence-electron chi connectivity index (χ2n) is 7.01. The maximum absolute atomic E-state index is 9.94. The summed E-state index contributed by atoms with van der Waals surface area (Å²) in [4.78, 5) is 2.55. The molecule has 2 aliphatic carbocycles. The fourth-order valence-electron chi connectivity index (χ4n) is 3.77. The van der Waals surface area contributed by atoms with Crippen molar-refractivity contribution < 1.29 is 5.11 Å². The third-order valence-electron chi connectivity index (χ3n) is 5.38. The quantitative estimate of drug-likeness (QED) is 0.812. The minimum Gasteiger partial charge on any atom is -0.393 e. The van der Waals surface area contributed by atoms with E-state index in [1.807, 2.05) is 0 Å². The van der Waals surface area contributed by atoms with Crippen molar-refractivity contribution in [2.24, 2.45) is 17.8 Å². The predicted molar refractivity (Wildman–Crippen MR) is 76.6 cm³/mol. The van der Waals surface area contributed by atoms with E-state index in [4.69, 9.17) is 0 Å². The SMILES string of the molecule is CC(C)C1CCC(O)CC1N(C)CCC1CCC1. The fraction of sp³-hybridized carbons (Fsp3) is 1.00. The highest BCUT2D eigenvalue weighted by atomic mass is 16.3. The number of nitrogens with zero attached hydrogens (tertiary/aromatic N) is 1. The van der Waals surface area contributed by atoms with Crippen LogP contribution < -0.4 is 0 Å². The molecule has 0 aromatic rings. The molecule has 2 fully saturated rings. The smallest absolute Gasteiger partial charge is 0.0555 e. The van der Waals surface area contributed by atoms with Gasteiger partial charge in [0, 0.05) is 6.04 Å². The number of rotatable bonds is 5. The van der Waals surface area contributed by atoms with E-state index in [2.05, 4.69) is 25.8 Å². The van der Waals surface area contributed by atoms with Gasteiger partial charge in [-0.15, -0.1) is 0 Å². The minimum atomic E-state index is -0.0591. The molecule has 0 aliphatic heterocycles. The van der Waals surface area contributed by atoms with Gasteiger partial charge in [-0.1, -0.05) is 33.1 Å². The van der Waals surface area contributed by atoms with Crippen LogP contribution in [0.5, 0.6) is 0 Å². The molecular weight excluding hydrogens is 222 g/mol. The second kappa shape index (κ2) is 6.38. The molecule has 3 atom stereocenters. The summed E-state index contributed by atoms with van der Waals surface area (Å²) in [6.07, 6.45) is 8.87. The highest BCUT2D eigenvalue weighted by Gasteiger charge is 2.34. The van der Waals surface area contributed by atoms with E-state index >= 15 is 0 Å². The average molecular weight is 253 g/mol. The zero-order valence-electron chi connectivity index (χ0n) is 12.4. The second-order valence-corrected chi connectivity index (χ2v) is 7.01. The molecule has 0 amide bonds. The molecule has 2 saturated carbocycles. The van der Waals surface area contributed by atoms with Crippen LogP contribution in [-0.4, -0.2) is 35.7 Å². The predicted octanol–water partition coefficient (Wildman–Crippen LogP) is 3.29. The third kappa shape index (κ3) is 3.48. The van der Waals surface area contributed by atoms with Crippen molar-refractivity contribution in [3.05, 3.63) is 0 Å². The Hall–Kier alpha value is -0.0800. The molecule has 3 unspecified atom stereocenters. The lowest BCUT2D eigenvalue weighted by molar-refractivity contribution is 0.0191. The van der Waals surface area contributed by atoms with E-state index in [0.29, 0.717) is 6.04 Å². The molecule has 2 aliphatic rings. The van der Waals surface area contributed by atoms with Crippen molar-refractivity contribution in [1.82, 2.24) is 4.90 Å². The lowest BCUT2D eigenvalue weighted by atomic mass is 9.75. The summed E-state index contributed by atoms with van der Waals surface area (Å²) in [6.45, 7) is 5.91. The Kier molecular flexibility index (Phi) is 5.08. The molecule has 0 bridgehead atoms. The van der Waals surface area contributed by atoms with Gasteiger partial charge in [0.15, 0.2) is 0 Å². The van der Waals surface area contributed by atoms with E-state index in [-0.39, 0.29) is 6.10 Å². The maximum atomic E-state index is 9.94. The van der Waals surface area contributed by atoms with Crippen molar-refractivity contribution in [3.63, 3.8) is 0 Å². The van der Waals surface area contributed by atoms with Crippen molar-refractivity contribution in [3.8, 4) is 0 Å². The minimum absolute atomic E-state index is 0.0591. The Morgan fingerprint density at radius 1 is 1.17 bits per heavy atom. The Morgan fingerprint density at radius 2 is 1.89 bits per heavy atom. The van der Waals surface area contributed by atoms with E-state index in [1.165, 1.54) is 38.6 Å². The van der Waals surface area contributed by atoms with Crippen LogP contribution in [0, 0.1) is 17.8 Å². The van der Waals surface area contributed by atoms with Gasteiger partial charge in [-0.05, 0) is 57.0 Å². The molecule has 0 spiro atoms. The van der Waals surface area contributed by atoms with Crippen LogP contribution in [0.1, 0.15) is 58.8 Å². The first-order valence-corrected chi connectivity index (χ1v) is 7.96. The van der Waals surface area contributed by atoms with Crippen molar-refractivity contribution in [1.29, 1.82) is 0 Å². The van der Waals surface area contributed by atoms with Gasteiger partial charge in [-0.2, -0.15) is 0 Å². The molecule has 1 N–H and O–H groups in total. The van der Waals surface area contributed by atoms with Gasteiger partial charge < -0.3 is 10.0 Å². The molecule has 2 nitrogen and oxygen atoms in total. The molecule has 0 aromatic carbocycles. The summed E-state index contributed by atoms with van der Waals surface area (Å²) in [5, 5.41) is 9.94. The molecule has 18 heavy (non-hydrogen) atoms.